The molecule has 0 aliphatic carbocycles. The number of nitrogens with two attached hydrogens (primary N) is 1. The number of sulfonamides is 1. The van der Waals surface area contributed by atoms with Crippen molar-refractivity contribution in [3.63, 3.8) is 0 Å². The van der Waals surface area contributed by atoms with Crippen molar-refractivity contribution in [2.75, 3.05) is 5.32 Å². The van der Waals surface area contributed by atoms with Gasteiger partial charge in [0.2, 0.25) is 15.9 Å². The molecule has 2 aromatic rings. The van der Waals surface area contributed by atoms with E-state index in [1.54, 1.807) is 5.41 Å². The van der Waals surface area contributed by atoms with Gasteiger partial charge < -0.3 is 5.32 Å². The SMILES string of the molecule is NS(=O)(=O)c1ccc(NC(=O)/C=C/Sc2ccccc2)cc1. The van der Waals surface area contributed by atoms with E-state index in [9.17, 15) is 13.2 Å². The lowest BCUT2D eigenvalue weighted by Gasteiger charge is -2.03. The van der Waals surface area contributed by atoms with Crippen LogP contribution in [0.3, 0.4) is 0 Å². The molecule has 0 spiro atoms. The quantitative estimate of drug-likeness (QED) is 0.649. The normalized spacial score (nSPS) is 11.5. The highest BCUT2D eigenvalue weighted by atomic mass is 32.2. The van der Waals surface area contributed by atoms with Gasteiger partial charge in [0.15, 0.2) is 0 Å². The van der Waals surface area contributed by atoms with Crippen molar-refractivity contribution in [3.05, 3.63) is 66.1 Å². The third-order valence-corrected chi connectivity index (χ3v) is 4.36. The third-order valence-electron chi connectivity index (χ3n) is 2.62. The summed E-state index contributed by atoms with van der Waals surface area (Å²) in [4.78, 5) is 12.8. The van der Waals surface area contributed by atoms with E-state index in [4.69, 9.17) is 5.14 Å². The summed E-state index contributed by atoms with van der Waals surface area (Å²) in [5.74, 6) is -0.299. The Balaban J connectivity index is 1.92. The van der Waals surface area contributed by atoms with Crippen LogP contribution in [0.15, 0.2) is 75.9 Å². The zero-order valence-corrected chi connectivity index (χ0v) is 13.1. The Kier molecular flexibility index (Phi) is 5.37. The van der Waals surface area contributed by atoms with Gasteiger partial charge in [-0.05, 0) is 41.8 Å². The van der Waals surface area contributed by atoms with Crippen LogP contribution in [0.1, 0.15) is 0 Å². The number of amides is 1. The van der Waals surface area contributed by atoms with Crippen LogP contribution in [0.5, 0.6) is 0 Å². The molecule has 2 rings (SSSR count). The van der Waals surface area contributed by atoms with Crippen molar-refractivity contribution in [2.45, 2.75) is 9.79 Å². The second kappa shape index (κ2) is 7.26. The molecule has 114 valence electrons. The zero-order chi connectivity index (χ0) is 16.0. The van der Waals surface area contributed by atoms with Crippen molar-refractivity contribution >= 4 is 33.4 Å². The van der Waals surface area contributed by atoms with Crippen LogP contribution in [-0.4, -0.2) is 14.3 Å². The number of primary sulfonamides is 1. The molecular formula is C15H14N2O3S2. The van der Waals surface area contributed by atoms with E-state index in [-0.39, 0.29) is 10.8 Å². The van der Waals surface area contributed by atoms with Crippen molar-refractivity contribution in [1.82, 2.24) is 0 Å². The number of carbonyl (C=O) groups excluding carboxylic acids is 1. The first-order valence-corrected chi connectivity index (χ1v) is 8.70. The molecule has 0 atom stereocenters. The Hall–Kier alpha value is -2.09. The maximum absolute atomic E-state index is 11.7. The lowest BCUT2D eigenvalue weighted by atomic mass is 10.3. The molecule has 0 saturated carbocycles. The zero-order valence-electron chi connectivity index (χ0n) is 11.5. The van der Waals surface area contributed by atoms with Crippen LogP contribution in [0.25, 0.3) is 0 Å². The van der Waals surface area contributed by atoms with E-state index in [2.05, 4.69) is 5.32 Å². The van der Waals surface area contributed by atoms with Gasteiger partial charge in [0.25, 0.3) is 0 Å². The van der Waals surface area contributed by atoms with Gasteiger partial charge in [0, 0.05) is 16.7 Å². The van der Waals surface area contributed by atoms with E-state index >= 15 is 0 Å². The Morgan fingerprint density at radius 2 is 1.68 bits per heavy atom. The number of anilines is 1. The molecule has 0 bridgehead atoms. The number of nitrogens with one attached hydrogen (secondary N) is 1. The summed E-state index contributed by atoms with van der Waals surface area (Å²) < 4.78 is 22.2. The Morgan fingerprint density at radius 1 is 1.05 bits per heavy atom. The Labute approximate surface area is 133 Å². The summed E-state index contributed by atoms with van der Waals surface area (Å²) in [6.45, 7) is 0. The molecule has 0 fully saturated rings. The molecule has 0 aliphatic rings. The minimum Gasteiger partial charge on any atom is -0.322 e. The first-order chi connectivity index (χ1) is 10.4. The summed E-state index contributed by atoms with van der Waals surface area (Å²) in [6, 6.07) is 15.3. The number of benzene rings is 2. The van der Waals surface area contributed by atoms with Gasteiger partial charge in [-0.3, -0.25) is 4.79 Å². The second-order valence-corrected chi connectivity index (χ2v) is 6.83. The predicted octanol–water partition coefficient (Wildman–Crippen LogP) is 2.58. The van der Waals surface area contributed by atoms with Gasteiger partial charge >= 0.3 is 0 Å². The van der Waals surface area contributed by atoms with Gasteiger partial charge in [-0.15, -0.1) is 0 Å². The van der Waals surface area contributed by atoms with Crippen molar-refractivity contribution in [2.24, 2.45) is 5.14 Å². The predicted molar refractivity (Wildman–Crippen MR) is 87.9 cm³/mol. The highest BCUT2D eigenvalue weighted by molar-refractivity contribution is 8.02. The average Bonchev–Trinajstić information content (AvgIpc) is 2.48. The molecule has 5 nitrogen and oxygen atoms in total. The molecule has 0 saturated heterocycles. The van der Waals surface area contributed by atoms with Gasteiger partial charge in [-0.25, -0.2) is 13.6 Å². The monoisotopic (exact) mass is 334 g/mol. The molecule has 3 N–H and O–H groups in total. The van der Waals surface area contributed by atoms with Crippen LogP contribution in [0.2, 0.25) is 0 Å². The topological polar surface area (TPSA) is 89.3 Å². The van der Waals surface area contributed by atoms with Gasteiger partial charge in [-0.1, -0.05) is 30.0 Å². The molecule has 0 aliphatic heterocycles. The minimum absolute atomic E-state index is 0.000624. The summed E-state index contributed by atoms with van der Waals surface area (Å²) in [7, 11) is -3.72. The first kappa shape index (κ1) is 16.3. The number of rotatable bonds is 5. The van der Waals surface area contributed by atoms with Crippen molar-refractivity contribution in [3.8, 4) is 0 Å². The molecule has 1 amide bonds. The molecule has 0 unspecified atom stereocenters. The summed E-state index contributed by atoms with van der Waals surface area (Å²) in [5.41, 5.74) is 0.492. The molecular weight excluding hydrogens is 320 g/mol. The minimum atomic E-state index is -3.72. The van der Waals surface area contributed by atoms with E-state index < -0.39 is 10.0 Å². The fraction of sp³-hybridized carbons (Fsp3) is 0. The smallest absolute Gasteiger partial charge is 0.248 e. The van der Waals surface area contributed by atoms with Crippen LogP contribution in [0.4, 0.5) is 5.69 Å². The molecule has 2 aromatic carbocycles. The number of carbonyl (C=O) groups is 1. The molecule has 0 aromatic heterocycles. The fourth-order valence-corrected chi connectivity index (χ4v) is 2.76. The maximum atomic E-state index is 11.7. The first-order valence-electron chi connectivity index (χ1n) is 6.27. The second-order valence-electron chi connectivity index (χ2n) is 4.29. The highest BCUT2D eigenvalue weighted by Crippen LogP contribution is 2.18. The summed E-state index contributed by atoms with van der Waals surface area (Å²) in [5, 5.41) is 9.32. The fourth-order valence-electron chi connectivity index (χ4n) is 1.59. The number of hydrogen-bond acceptors (Lipinski definition) is 4. The van der Waals surface area contributed by atoms with Crippen molar-refractivity contribution in [1.29, 1.82) is 0 Å². The van der Waals surface area contributed by atoms with Crippen LogP contribution in [0, 0.1) is 0 Å². The number of thioether (sulfide) groups is 1. The Morgan fingerprint density at radius 3 is 2.27 bits per heavy atom. The largest absolute Gasteiger partial charge is 0.322 e. The van der Waals surface area contributed by atoms with E-state index in [1.165, 1.54) is 42.1 Å². The standard InChI is InChI=1S/C15H14N2O3S2/c16-22(19,20)14-8-6-12(7-9-14)17-15(18)10-11-21-13-4-2-1-3-5-13/h1-11H,(H,17,18)(H2,16,19,20)/b11-10+. The van der Waals surface area contributed by atoms with Gasteiger partial charge in [-0.2, -0.15) is 0 Å². The molecule has 22 heavy (non-hydrogen) atoms. The molecule has 0 radical (unpaired) electrons. The van der Waals surface area contributed by atoms with E-state index in [1.807, 2.05) is 30.3 Å². The maximum Gasteiger partial charge on any atom is 0.248 e. The molecule has 7 heteroatoms. The van der Waals surface area contributed by atoms with Crippen LogP contribution >= 0.6 is 11.8 Å². The third kappa shape index (κ3) is 5.03. The lowest BCUT2D eigenvalue weighted by Crippen LogP contribution is -2.12. The van der Waals surface area contributed by atoms with Gasteiger partial charge in [0.05, 0.1) is 4.90 Å². The summed E-state index contributed by atoms with van der Waals surface area (Å²) in [6.07, 6.45) is 1.41. The number of hydrogen-bond donors (Lipinski definition) is 2. The summed E-state index contributed by atoms with van der Waals surface area (Å²) >= 11 is 1.43. The Bertz CT molecular complexity index is 770. The van der Waals surface area contributed by atoms with E-state index in [0.29, 0.717) is 5.69 Å². The van der Waals surface area contributed by atoms with Gasteiger partial charge in [0.1, 0.15) is 0 Å². The van der Waals surface area contributed by atoms with Crippen LogP contribution < -0.4 is 10.5 Å². The highest BCUT2D eigenvalue weighted by Gasteiger charge is 2.07. The lowest BCUT2D eigenvalue weighted by molar-refractivity contribution is -0.111. The van der Waals surface area contributed by atoms with Crippen LogP contribution in [-0.2, 0) is 14.8 Å². The molecule has 0 heterocycles. The average molecular weight is 334 g/mol. The van der Waals surface area contributed by atoms with Crippen molar-refractivity contribution < 1.29 is 13.2 Å². The van der Waals surface area contributed by atoms with E-state index in [0.717, 1.165) is 4.90 Å².